The van der Waals surface area contributed by atoms with Crippen LogP contribution < -0.4 is 10.6 Å². The maximum absolute atomic E-state index is 3.45. The largest absolute Gasteiger partial charge is 0.391 e. The first-order valence-corrected chi connectivity index (χ1v) is 4.94. The van der Waals surface area contributed by atoms with Crippen LogP contribution in [0.25, 0.3) is 0 Å². The second-order valence-electron chi connectivity index (χ2n) is 3.63. The molecule has 12 heavy (non-hydrogen) atoms. The minimum absolute atomic E-state index is 0.715. The highest BCUT2D eigenvalue weighted by Gasteiger charge is 2.19. The van der Waals surface area contributed by atoms with E-state index >= 15 is 0 Å². The maximum atomic E-state index is 3.45. The van der Waals surface area contributed by atoms with E-state index in [2.05, 4.69) is 36.8 Å². The van der Waals surface area contributed by atoms with Crippen molar-refractivity contribution in [1.29, 1.82) is 0 Å². The summed E-state index contributed by atoms with van der Waals surface area (Å²) in [6.07, 6.45) is 6.66. The van der Waals surface area contributed by atoms with Crippen molar-refractivity contribution in [3.05, 3.63) is 12.3 Å². The second-order valence-corrected chi connectivity index (χ2v) is 3.63. The summed E-state index contributed by atoms with van der Waals surface area (Å²) in [6.45, 7) is 6.70. The smallest absolute Gasteiger partial charge is 0.0182 e. The van der Waals surface area contributed by atoms with Crippen molar-refractivity contribution < 1.29 is 0 Å². The van der Waals surface area contributed by atoms with Gasteiger partial charge >= 0.3 is 0 Å². The normalized spacial score (nSPS) is 29.8. The van der Waals surface area contributed by atoms with Crippen molar-refractivity contribution in [2.45, 2.75) is 32.7 Å². The van der Waals surface area contributed by atoms with Gasteiger partial charge in [0, 0.05) is 12.6 Å². The Morgan fingerprint density at radius 1 is 1.58 bits per heavy atom. The number of rotatable bonds is 4. The van der Waals surface area contributed by atoms with Crippen LogP contribution in [0.3, 0.4) is 0 Å². The molecule has 0 bridgehead atoms. The second kappa shape index (κ2) is 5.20. The third-order valence-corrected chi connectivity index (χ3v) is 2.32. The summed E-state index contributed by atoms with van der Waals surface area (Å²) in [7, 11) is 0. The van der Waals surface area contributed by atoms with Crippen molar-refractivity contribution in [2.75, 3.05) is 13.1 Å². The average molecular weight is 168 g/mol. The van der Waals surface area contributed by atoms with Gasteiger partial charge in [0.1, 0.15) is 0 Å². The first-order valence-electron chi connectivity index (χ1n) is 4.94. The fourth-order valence-corrected chi connectivity index (χ4v) is 1.63. The van der Waals surface area contributed by atoms with Crippen LogP contribution in [0.4, 0.5) is 0 Å². The minimum atomic E-state index is 0.715. The Labute approximate surface area is 75.4 Å². The average Bonchev–Trinajstić information content (AvgIpc) is 2.45. The number of hydrogen-bond donors (Lipinski definition) is 2. The van der Waals surface area contributed by atoms with Gasteiger partial charge in [-0.3, -0.25) is 0 Å². The molecule has 0 aromatic heterocycles. The molecule has 1 aliphatic rings. The van der Waals surface area contributed by atoms with Crippen LogP contribution in [0.2, 0.25) is 0 Å². The van der Waals surface area contributed by atoms with E-state index in [9.17, 15) is 0 Å². The molecule has 70 valence electrons. The monoisotopic (exact) mass is 168 g/mol. The molecular weight excluding hydrogens is 148 g/mol. The molecule has 2 nitrogen and oxygen atoms in total. The molecule has 1 heterocycles. The quantitative estimate of drug-likeness (QED) is 0.664. The van der Waals surface area contributed by atoms with E-state index in [1.165, 1.54) is 13.0 Å². The third kappa shape index (κ3) is 3.26. The zero-order chi connectivity index (χ0) is 8.81. The predicted octanol–water partition coefficient (Wildman–Crippen LogP) is 1.50. The van der Waals surface area contributed by atoms with Gasteiger partial charge in [0.2, 0.25) is 0 Å². The summed E-state index contributed by atoms with van der Waals surface area (Å²) in [5, 5.41) is 6.77. The molecule has 0 saturated carbocycles. The van der Waals surface area contributed by atoms with Gasteiger partial charge < -0.3 is 10.6 Å². The van der Waals surface area contributed by atoms with E-state index in [0.717, 1.165) is 18.9 Å². The molecule has 2 atom stereocenters. The molecule has 0 aromatic carbocycles. The van der Waals surface area contributed by atoms with Gasteiger partial charge in [-0.05, 0) is 38.4 Å². The fourth-order valence-electron chi connectivity index (χ4n) is 1.63. The zero-order valence-electron chi connectivity index (χ0n) is 8.14. The van der Waals surface area contributed by atoms with Gasteiger partial charge in [0.15, 0.2) is 0 Å². The van der Waals surface area contributed by atoms with E-state index in [1.54, 1.807) is 0 Å². The number of nitrogens with one attached hydrogen (secondary N) is 2. The number of allylic oxidation sites excluding steroid dienone is 1. The summed E-state index contributed by atoms with van der Waals surface area (Å²) in [4.78, 5) is 0. The summed E-state index contributed by atoms with van der Waals surface area (Å²) in [5.74, 6) is 0.821. The first-order chi connectivity index (χ1) is 5.83. The lowest BCUT2D eigenvalue weighted by Crippen LogP contribution is -2.20. The standard InChI is InChI=1S/C10H20N2/c1-3-4-5-11-7-10-6-9(2)12-8-10/h4-5,9-12H,3,6-8H2,1-2H3/b5-4-. The third-order valence-electron chi connectivity index (χ3n) is 2.32. The lowest BCUT2D eigenvalue weighted by Gasteiger charge is -2.07. The van der Waals surface area contributed by atoms with Crippen molar-refractivity contribution in [2.24, 2.45) is 5.92 Å². The predicted molar refractivity (Wildman–Crippen MR) is 53.0 cm³/mol. The van der Waals surface area contributed by atoms with E-state index in [0.29, 0.717) is 6.04 Å². The maximum Gasteiger partial charge on any atom is 0.0182 e. The van der Waals surface area contributed by atoms with Gasteiger partial charge in [-0.2, -0.15) is 0 Å². The molecule has 0 aliphatic carbocycles. The highest BCUT2D eigenvalue weighted by atomic mass is 15.0. The van der Waals surface area contributed by atoms with Crippen LogP contribution in [0, 0.1) is 5.92 Å². The van der Waals surface area contributed by atoms with Crippen LogP contribution in [-0.2, 0) is 0 Å². The van der Waals surface area contributed by atoms with E-state index < -0.39 is 0 Å². The summed E-state index contributed by atoms with van der Waals surface area (Å²) in [5.41, 5.74) is 0. The van der Waals surface area contributed by atoms with Crippen LogP contribution in [-0.4, -0.2) is 19.1 Å². The SMILES string of the molecule is CC/C=C\NCC1CNC(C)C1. The van der Waals surface area contributed by atoms with Gasteiger partial charge in [-0.15, -0.1) is 0 Å². The van der Waals surface area contributed by atoms with Gasteiger partial charge in [0.05, 0.1) is 0 Å². The Morgan fingerprint density at radius 3 is 3.00 bits per heavy atom. The van der Waals surface area contributed by atoms with Gasteiger partial charge in [0.25, 0.3) is 0 Å². The van der Waals surface area contributed by atoms with Crippen molar-refractivity contribution in [3.8, 4) is 0 Å². The fraction of sp³-hybridized carbons (Fsp3) is 0.800. The molecule has 0 spiro atoms. The molecule has 2 unspecified atom stereocenters. The van der Waals surface area contributed by atoms with Gasteiger partial charge in [-0.1, -0.05) is 13.0 Å². The summed E-state index contributed by atoms with van der Waals surface area (Å²) in [6, 6.07) is 0.715. The lowest BCUT2D eigenvalue weighted by atomic mass is 10.1. The molecule has 0 aromatic rings. The summed E-state index contributed by atoms with van der Waals surface area (Å²) >= 11 is 0. The number of hydrogen-bond acceptors (Lipinski definition) is 2. The molecule has 2 N–H and O–H groups in total. The zero-order valence-corrected chi connectivity index (χ0v) is 8.14. The van der Waals surface area contributed by atoms with Crippen molar-refractivity contribution in [1.82, 2.24) is 10.6 Å². The highest BCUT2D eigenvalue weighted by molar-refractivity contribution is 4.83. The van der Waals surface area contributed by atoms with Gasteiger partial charge in [-0.25, -0.2) is 0 Å². The molecule has 0 radical (unpaired) electrons. The highest BCUT2D eigenvalue weighted by Crippen LogP contribution is 2.11. The molecule has 1 fully saturated rings. The van der Waals surface area contributed by atoms with Crippen LogP contribution >= 0.6 is 0 Å². The molecule has 0 amide bonds. The van der Waals surface area contributed by atoms with E-state index in [-0.39, 0.29) is 0 Å². The molecule has 1 saturated heterocycles. The lowest BCUT2D eigenvalue weighted by molar-refractivity contribution is 0.544. The van der Waals surface area contributed by atoms with Crippen LogP contribution in [0.1, 0.15) is 26.7 Å². The van der Waals surface area contributed by atoms with Crippen molar-refractivity contribution >= 4 is 0 Å². The Balaban J connectivity index is 2.04. The Bertz CT molecular complexity index is 143. The van der Waals surface area contributed by atoms with Crippen molar-refractivity contribution in [3.63, 3.8) is 0 Å². The Hall–Kier alpha value is -0.500. The first kappa shape index (κ1) is 9.59. The molecule has 2 heteroatoms. The van der Waals surface area contributed by atoms with Crippen LogP contribution in [0.15, 0.2) is 12.3 Å². The van der Waals surface area contributed by atoms with E-state index in [1.807, 2.05) is 0 Å². The Morgan fingerprint density at radius 2 is 2.42 bits per heavy atom. The van der Waals surface area contributed by atoms with Crippen LogP contribution in [0.5, 0.6) is 0 Å². The minimum Gasteiger partial charge on any atom is -0.391 e. The summed E-state index contributed by atoms with van der Waals surface area (Å²) < 4.78 is 0. The Kier molecular flexibility index (Phi) is 4.15. The molecule has 1 rings (SSSR count). The molecular formula is C10H20N2. The van der Waals surface area contributed by atoms with E-state index in [4.69, 9.17) is 0 Å². The topological polar surface area (TPSA) is 24.1 Å². The molecule has 1 aliphatic heterocycles.